The second-order valence-corrected chi connectivity index (χ2v) is 5.22. The highest BCUT2D eigenvalue weighted by atomic mass is 15.1. The molecule has 0 aromatic carbocycles. The summed E-state index contributed by atoms with van der Waals surface area (Å²) >= 11 is 0. The van der Waals surface area contributed by atoms with E-state index in [1.807, 2.05) is 12.5 Å². The molecule has 3 nitrogen and oxygen atoms in total. The molecule has 1 aromatic rings. The zero-order valence-corrected chi connectivity index (χ0v) is 10.6. The number of hydrogen-bond donors (Lipinski definition) is 1. The Kier molecular flexibility index (Phi) is 3.33. The summed E-state index contributed by atoms with van der Waals surface area (Å²) in [5.74, 6) is 1.55. The molecule has 2 rings (SSSR count). The van der Waals surface area contributed by atoms with E-state index in [1.54, 1.807) is 0 Å². The Balaban J connectivity index is 2.24. The van der Waals surface area contributed by atoms with Gasteiger partial charge >= 0.3 is 0 Å². The first kappa shape index (κ1) is 11.6. The van der Waals surface area contributed by atoms with Gasteiger partial charge in [-0.05, 0) is 31.1 Å². The van der Waals surface area contributed by atoms with E-state index in [2.05, 4.69) is 30.3 Å². The maximum atomic E-state index is 6.13. The first-order valence-corrected chi connectivity index (χ1v) is 6.42. The molecule has 1 heterocycles. The Morgan fingerprint density at radius 2 is 2.25 bits per heavy atom. The van der Waals surface area contributed by atoms with Gasteiger partial charge in [0.15, 0.2) is 0 Å². The molecule has 4 atom stereocenters. The van der Waals surface area contributed by atoms with Crippen LogP contribution in [0.25, 0.3) is 0 Å². The summed E-state index contributed by atoms with van der Waals surface area (Å²) in [6, 6.07) is 0.732. The van der Waals surface area contributed by atoms with Gasteiger partial charge in [0.1, 0.15) is 0 Å². The highest BCUT2D eigenvalue weighted by Gasteiger charge is 2.32. The lowest BCUT2D eigenvalue weighted by Crippen LogP contribution is -2.20. The van der Waals surface area contributed by atoms with Crippen LogP contribution in [-0.2, 0) is 0 Å². The molecular formula is C13H23N3. The molecule has 2 N–H and O–H groups in total. The van der Waals surface area contributed by atoms with E-state index in [-0.39, 0.29) is 6.04 Å². The molecule has 1 aliphatic carbocycles. The van der Waals surface area contributed by atoms with Crippen molar-refractivity contribution in [3.63, 3.8) is 0 Å². The van der Waals surface area contributed by atoms with Gasteiger partial charge in [-0.25, -0.2) is 4.98 Å². The lowest BCUT2D eigenvalue weighted by molar-refractivity contribution is 0.342. The SMILES string of the molecule is CC[C@@H](N)c1cncn1C1CCC(C)C1C. The maximum absolute atomic E-state index is 6.13. The van der Waals surface area contributed by atoms with Crippen molar-refractivity contribution in [1.82, 2.24) is 9.55 Å². The zero-order valence-electron chi connectivity index (χ0n) is 10.6. The minimum absolute atomic E-state index is 0.130. The first-order valence-electron chi connectivity index (χ1n) is 6.42. The maximum Gasteiger partial charge on any atom is 0.0951 e. The van der Waals surface area contributed by atoms with E-state index in [0.29, 0.717) is 6.04 Å². The fourth-order valence-corrected chi connectivity index (χ4v) is 2.82. The summed E-state index contributed by atoms with van der Waals surface area (Å²) in [5.41, 5.74) is 7.33. The third-order valence-electron chi connectivity index (χ3n) is 4.30. The van der Waals surface area contributed by atoms with E-state index < -0.39 is 0 Å². The van der Waals surface area contributed by atoms with Crippen molar-refractivity contribution in [3.05, 3.63) is 18.2 Å². The molecule has 0 bridgehead atoms. The van der Waals surface area contributed by atoms with Crippen LogP contribution >= 0.6 is 0 Å². The summed E-state index contributed by atoms with van der Waals surface area (Å²) < 4.78 is 2.32. The van der Waals surface area contributed by atoms with Crippen molar-refractivity contribution in [3.8, 4) is 0 Å². The lowest BCUT2D eigenvalue weighted by atomic mass is 9.97. The predicted octanol–water partition coefficient (Wildman–Crippen LogP) is 2.90. The standard InChI is InChI=1S/C13H23N3/c1-4-11(14)13-7-15-8-16(13)12-6-5-9(2)10(12)3/h7-12H,4-6,14H2,1-3H3/t9?,10?,11-,12?/m1/s1. The smallest absolute Gasteiger partial charge is 0.0951 e. The number of aromatic nitrogens is 2. The molecule has 16 heavy (non-hydrogen) atoms. The average molecular weight is 221 g/mol. The number of imidazole rings is 1. The summed E-state index contributed by atoms with van der Waals surface area (Å²) in [4.78, 5) is 4.28. The van der Waals surface area contributed by atoms with E-state index in [1.165, 1.54) is 18.5 Å². The molecule has 0 saturated heterocycles. The summed E-state index contributed by atoms with van der Waals surface area (Å²) in [5, 5.41) is 0. The normalized spacial score (nSPS) is 31.9. The summed E-state index contributed by atoms with van der Waals surface area (Å²) in [6.45, 7) is 6.83. The largest absolute Gasteiger partial charge is 0.330 e. The Morgan fingerprint density at radius 1 is 1.50 bits per heavy atom. The number of nitrogens with zero attached hydrogens (tertiary/aromatic N) is 2. The Hall–Kier alpha value is -0.830. The summed E-state index contributed by atoms with van der Waals surface area (Å²) in [6.07, 6.45) is 7.46. The van der Waals surface area contributed by atoms with Crippen molar-refractivity contribution in [2.75, 3.05) is 0 Å². The van der Waals surface area contributed by atoms with E-state index >= 15 is 0 Å². The molecule has 0 radical (unpaired) electrons. The predicted molar refractivity (Wildman–Crippen MR) is 66.0 cm³/mol. The zero-order chi connectivity index (χ0) is 11.7. The molecule has 3 unspecified atom stereocenters. The van der Waals surface area contributed by atoms with Gasteiger partial charge in [0.25, 0.3) is 0 Å². The molecule has 1 fully saturated rings. The van der Waals surface area contributed by atoms with Gasteiger partial charge in [0.2, 0.25) is 0 Å². The third-order valence-corrected chi connectivity index (χ3v) is 4.30. The van der Waals surface area contributed by atoms with Crippen molar-refractivity contribution in [2.45, 2.75) is 52.1 Å². The highest BCUT2D eigenvalue weighted by molar-refractivity contribution is 5.07. The van der Waals surface area contributed by atoms with Crippen LogP contribution in [0.4, 0.5) is 0 Å². The van der Waals surface area contributed by atoms with Gasteiger partial charge in [-0.2, -0.15) is 0 Å². The van der Waals surface area contributed by atoms with Gasteiger partial charge in [-0.15, -0.1) is 0 Å². The van der Waals surface area contributed by atoms with Crippen LogP contribution < -0.4 is 5.73 Å². The number of nitrogens with two attached hydrogens (primary N) is 1. The van der Waals surface area contributed by atoms with Gasteiger partial charge in [0, 0.05) is 18.3 Å². The van der Waals surface area contributed by atoms with Gasteiger partial charge in [-0.3, -0.25) is 0 Å². The molecule has 1 aromatic heterocycles. The molecule has 90 valence electrons. The Labute approximate surface area is 98.1 Å². The fourth-order valence-electron chi connectivity index (χ4n) is 2.82. The number of hydrogen-bond acceptors (Lipinski definition) is 2. The second kappa shape index (κ2) is 4.58. The van der Waals surface area contributed by atoms with Gasteiger partial charge in [0.05, 0.1) is 12.0 Å². The highest BCUT2D eigenvalue weighted by Crippen LogP contribution is 2.40. The van der Waals surface area contributed by atoms with E-state index in [4.69, 9.17) is 5.73 Å². The van der Waals surface area contributed by atoms with Gasteiger partial charge in [-0.1, -0.05) is 20.8 Å². The minimum atomic E-state index is 0.130. The molecular weight excluding hydrogens is 198 g/mol. The molecule has 1 saturated carbocycles. The van der Waals surface area contributed by atoms with Crippen LogP contribution in [0.15, 0.2) is 12.5 Å². The van der Waals surface area contributed by atoms with Crippen molar-refractivity contribution in [1.29, 1.82) is 0 Å². The first-order chi connectivity index (χ1) is 7.65. The lowest BCUT2D eigenvalue weighted by Gasteiger charge is -2.23. The molecule has 0 spiro atoms. The van der Waals surface area contributed by atoms with Crippen molar-refractivity contribution >= 4 is 0 Å². The Bertz CT molecular complexity index is 345. The van der Waals surface area contributed by atoms with Crippen LogP contribution in [0.2, 0.25) is 0 Å². The van der Waals surface area contributed by atoms with Crippen LogP contribution in [0, 0.1) is 11.8 Å². The van der Waals surface area contributed by atoms with E-state index in [9.17, 15) is 0 Å². The monoisotopic (exact) mass is 221 g/mol. The molecule has 1 aliphatic rings. The van der Waals surface area contributed by atoms with E-state index in [0.717, 1.165) is 18.3 Å². The van der Waals surface area contributed by atoms with Crippen LogP contribution in [0.1, 0.15) is 57.8 Å². The average Bonchev–Trinajstić information content (AvgIpc) is 2.86. The Morgan fingerprint density at radius 3 is 2.81 bits per heavy atom. The van der Waals surface area contributed by atoms with Crippen LogP contribution in [0.5, 0.6) is 0 Å². The topological polar surface area (TPSA) is 43.8 Å². The molecule has 3 heteroatoms. The van der Waals surface area contributed by atoms with Crippen molar-refractivity contribution in [2.24, 2.45) is 17.6 Å². The third kappa shape index (κ3) is 1.88. The van der Waals surface area contributed by atoms with Crippen LogP contribution in [-0.4, -0.2) is 9.55 Å². The van der Waals surface area contributed by atoms with Crippen molar-refractivity contribution < 1.29 is 0 Å². The van der Waals surface area contributed by atoms with Crippen LogP contribution in [0.3, 0.4) is 0 Å². The fraction of sp³-hybridized carbons (Fsp3) is 0.769. The summed E-state index contributed by atoms with van der Waals surface area (Å²) in [7, 11) is 0. The number of rotatable bonds is 3. The molecule has 0 aliphatic heterocycles. The minimum Gasteiger partial charge on any atom is -0.330 e. The van der Waals surface area contributed by atoms with Gasteiger partial charge < -0.3 is 10.3 Å². The quantitative estimate of drug-likeness (QED) is 0.853. The molecule has 0 amide bonds. The second-order valence-electron chi connectivity index (χ2n) is 5.22.